The number of methoxy groups -OCH3 is 1. The highest BCUT2D eigenvalue weighted by atomic mass is 35.5. The van der Waals surface area contributed by atoms with E-state index in [0.29, 0.717) is 11.8 Å². The first-order valence-electron chi connectivity index (χ1n) is 4.01. The van der Waals surface area contributed by atoms with E-state index in [1.807, 2.05) is 19.1 Å². The van der Waals surface area contributed by atoms with Gasteiger partial charge in [0.15, 0.2) is 0 Å². The molecule has 0 fully saturated rings. The lowest BCUT2D eigenvalue weighted by molar-refractivity contribution is 0.411. The Balaban J connectivity index is 3.18. The van der Waals surface area contributed by atoms with Gasteiger partial charge in [0.05, 0.1) is 13.0 Å². The Bertz CT molecular complexity index is 297. The van der Waals surface area contributed by atoms with E-state index in [1.54, 1.807) is 7.11 Å². The molecule has 0 atom stereocenters. The van der Waals surface area contributed by atoms with Crippen molar-refractivity contribution in [2.24, 2.45) is 0 Å². The molecule has 0 saturated heterocycles. The monoisotopic (exact) mass is 218 g/mol. The predicted molar refractivity (Wildman–Crippen MR) is 56.8 cm³/mol. The van der Waals surface area contributed by atoms with Crippen LogP contribution >= 0.6 is 23.2 Å². The second-order valence-corrected chi connectivity index (χ2v) is 3.39. The number of alkyl halides is 2. The van der Waals surface area contributed by atoms with Crippen LogP contribution in [-0.4, -0.2) is 7.11 Å². The summed E-state index contributed by atoms with van der Waals surface area (Å²) in [7, 11) is 1.64. The van der Waals surface area contributed by atoms with Crippen molar-refractivity contribution in [1.29, 1.82) is 0 Å². The molecule has 0 aliphatic carbocycles. The zero-order valence-corrected chi connectivity index (χ0v) is 9.24. The van der Waals surface area contributed by atoms with Crippen LogP contribution in [0.1, 0.15) is 16.7 Å². The minimum Gasteiger partial charge on any atom is -0.496 e. The number of hydrogen-bond acceptors (Lipinski definition) is 1. The first kappa shape index (κ1) is 10.7. The molecule has 13 heavy (non-hydrogen) atoms. The zero-order valence-electron chi connectivity index (χ0n) is 7.73. The maximum Gasteiger partial charge on any atom is 0.123 e. The van der Waals surface area contributed by atoms with Gasteiger partial charge in [-0.1, -0.05) is 0 Å². The molecule has 0 aliphatic rings. The minimum absolute atomic E-state index is 0.452. The molecule has 0 N–H and O–H groups in total. The van der Waals surface area contributed by atoms with Gasteiger partial charge in [0.25, 0.3) is 0 Å². The summed E-state index contributed by atoms with van der Waals surface area (Å²) in [5.41, 5.74) is 3.24. The maximum atomic E-state index is 5.77. The van der Waals surface area contributed by atoms with Crippen molar-refractivity contribution in [1.82, 2.24) is 0 Å². The Morgan fingerprint density at radius 2 is 1.77 bits per heavy atom. The minimum atomic E-state index is 0.452. The molecule has 0 radical (unpaired) electrons. The van der Waals surface area contributed by atoms with Crippen molar-refractivity contribution in [3.63, 3.8) is 0 Å². The van der Waals surface area contributed by atoms with Crippen LogP contribution in [0.4, 0.5) is 0 Å². The predicted octanol–water partition coefficient (Wildman–Crippen LogP) is 3.48. The van der Waals surface area contributed by atoms with Crippen LogP contribution in [-0.2, 0) is 11.8 Å². The highest BCUT2D eigenvalue weighted by Crippen LogP contribution is 2.25. The second kappa shape index (κ2) is 4.73. The van der Waals surface area contributed by atoms with Crippen molar-refractivity contribution in [3.05, 3.63) is 28.8 Å². The number of ether oxygens (including phenoxy) is 1. The molecule has 0 aromatic heterocycles. The first-order chi connectivity index (χ1) is 6.22. The fourth-order valence-corrected chi connectivity index (χ4v) is 1.71. The lowest BCUT2D eigenvalue weighted by Gasteiger charge is -2.10. The van der Waals surface area contributed by atoms with Crippen LogP contribution in [0.5, 0.6) is 5.75 Å². The van der Waals surface area contributed by atoms with Gasteiger partial charge in [0.1, 0.15) is 5.75 Å². The summed E-state index contributed by atoms with van der Waals surface area (Å²) in [5.74, 6) is 1.80. The van der Waals surface area contributed by atoms with Gasteiger partial charge in [0, 0.05) is 11.4 Å². The van der Waals surface area contributed by atoms with Gasteiger partial charge in [0.2, 0.25) is 0 Å². The number of rotatable bonds is 3. The summed E-state index contributed by atoms with van der Waals surface area (Å²) in [6.45, 7) is 2.01. The van der Waals surface area contributed by atoms with Gasteiger partial charge >= 0.3 is 0 Å². The van der Waals surface area contributed by atoms with E-state index in [0.717, 1.165) is 22.4 Å². The van der Waals surface area contributed by atoms with Crippen LogP contribution in [0.2, 0.25) is 0 Å². The zero-order chi connectivity index (χ0) is 9.84. The lowest BCUT2D eigenvalue weighted by atomic mass is 10.1. The van der Waals surface area contributed by atoms with E-state index in [1.165, 1.54) is 0 Å². The largest absolute Gasteiger partial charge is 0.496 e. The molecule has 1 aromatic carbocycles. The third-order valence-electron chi connectivity index (χ3n) is 2.03. The molecule has 1 rings (SSSR count). The van der Waals surface area contributed by atoms with E-state index < -0.39 is 0 Å². The molecule has 0 amide bonds. The van der Waals surface area contributed by atoms with Crippen molar-refractivity contribution in [2.75, 3.05) is 7.11 Å². The van der Waals surface area contributed by atoms with Gasteiger partial charge in [-0.3, -0.25) is 0 Å². The van der Waals surface area contributed by atoms with Crippen LogP contribution in [0.25, 0.3) is 0 Å². The molecule has 1 aromatic rings. The SMILES string of the molecule is COc1cc(C)c(CCl)cc1CCl. The van der Waals surface area contributed by atoms with Gasteiger partial charge in [-0.05, 0) is 30.2 Å². The smallest absolute Gasteiger partial charge is 0.123 e. The van der Waals surface area contributed by atoms with Crippen LogP contribution in [0.3, 0.4) is 0 Å². The number of hydrogen-bond donors (Lipinski definition) is 0. The molecule has 0 saturated carbocycles. The fraction of sp³-hybridized carbons (Fsp3) is 0.400. The molecular formula is C10H12Cl2O. The summed E-state index contributed by atoms with van der Waals surface area (Å²) < 4.78 is 5.19. The molecule has 72 valence electrons. The second-order valence-electron chi connectivity index (χ2n) is 2.86. The molecular weight excluding hydrogens is 207 g/mol. The summed E-state index contributed by atoms with van der Waals surface area (Å²) in [5, 5.41) is 0. The van der Waals surface area contributed by atoms with Crippen LogP contribution in [0, 0.1) is 6.92 Å². The van der Waals surface area contributed by atoms with Gasteiger partial charge in [-0.2, -0.15) is 0 Å². The summed E-state index contributed by atoms with van der Waals surface area (Å²) in [6.07, 6.45) is 0. The maximum absolute atomic E-state index is 5.77. The van der Waals surface area contributed by atoms with E-state index in [4.69, 9.17) is 27.9 Å². The molecule has 0 aliphatic heterocycles. The third-order valence-corrected chi connectivity index (χ3v) is 2.60. The van der Waals surface area contributed by atoms with Gasteiger partial charge < -0.3 is 4.74 Å². The lowest BCUT2D eigenvalue weighted by Crippen LogP contribution is -1.94. The van der Waals surface area contributed by atoms with Crippen LogP contribution in [0.15, 0.2) is 12.1 Å². The summed E-state index contributed by atoms with van der Waals surface area (Å²) in [4.78, 5) is 0. The van der Waals surface area contributed by atoms with E-state index >= 15 is 0 Å². The Kier molecular flexibility index (Phi) is 3.89. The number of aryl methyl sites for hydroxylation is 1. The average Bonchev–Trinajstić information content (AvgIpc) is 2.17. The third kappa shape index (κ3) is 2.29. The molecule has 1 nitrogen and oxygen atoms in total. The molecule has 0 spiro atoms. The fourth-order valence-electron chi connectivity index (χ4n) is 1.22. The summed E-state index contributed by atoms with van der Waals surface area (Å²) in [6, 6.07) is 3.96. The first-order valence-corrected chi connectivity index (χ1v) is 5.08. The van der Waals surface area contributed by atoms with Gasteiger partial charge in [-0.15, -0.1) is 23.2 Å². The van der Waals surface area contributed by atoms with Crippen LogP contribution < -0.4 is 4.74 Å². The standard InChI is InChI=1S/C10H12Cl2O/c1-7-3-10(13-2)9(6-12)4-8(7)5-11/h3-4H,5-6H2,1-2H3. The highest BCUT2D eigenvalue weighted by molar-refractivity contribution is 6.18. The van der Waals surface area contributed by atoms with Crippen molar-refractivity contribution >= 4 is 23.2 Å². The average molecular weight is 219 g/mol. The normalized spacial score (nSPS) is 10.2. The van der Waals surface area contributed by atoms with Crippen molar-refractivity contribution in [3.8, 4) is 5.75 Å². The van der Waals surface area contributed by atoms with E-state index in [-0.39, 0.29) is 0 Å². The van der Waals surface area contributed by atoms with Crippen molar-refractivity contribution in [2.45, 2.75) is 18.7 Å². The Hall–Kier alpha value is -0.400. The molecule has 0 heterocycles. The van der Waals surface area contributed by atoms with E-state index in [2.05, 4.69) is 0 Å². The topological polar surface area (TPSA) is 9.23 Å². The Labute approximate surface area is 88.6 Å². The molecule has 0 unspecified atom stereocenters. The Morgan fingerprint density at radius 3 is 2.23 bits per heavy atom. The quantitative estimate of drug-likeness (QED) is 0.707. The Morgan fingerprint density at radius 1 is 1.15 bits per heavy atom. The summed E-state index contributed by atoms with van der Waals surface area (Å²) >= 11 is 11.5. The number of benzene rings is 1. The van der Waals surface area contributed by atoms with Gasteiger partial charge in [-0.25, -0.2) is 0 Å². The highest BCUT2D eigenvalue weighted by Gasteiger charge is 2.05. The number of halogens is 2. The molecule has 0 bridgehead atoms. The van der Waals surface area contributed by atoms with E-state index in [9.17, 15) is 0 Å². The molecule has 3 heteroatoms. The van der Waals surface area contributed by atoms with Crippen molar-refractivity contribution < 1.29 is 4.74 Å².